The number of carbonyl (C=O) groups excluding carboxylic acids is 1. The number of ether oxygens (including phenoxy) is 1. The van der Waals surface area contributed by atoms with E-state index >= 15 is 0 Å². The van der Waals surface area contributed by atoms with E-state index < -0.39 is 0 Å². The molecule has 0 spiro atoms. The van der Waals surface area contributed by atoms with E-state index in [1.807, 2.05) is 13.8 Å². The quantitative estimate of drug-likeness (QED) is 0.561. The highest BCUT2D eigenvalue weighted by Crippen LogP contribution is 2.67. The standard InChI is InChI=1S/C28H49NO3/c1-7-32-25-16-27(5)19(14-24(25)31)8-9-20-22-11-10-21(18(4)30)28(22,6)15-23(26(20)27)29-13-12-17(2)3/h17,19-26,29,31H,7-16H2,1-6H3/t19?,20-,21+,22-,23?,24?,25?,26+,27-,28+/m0/s1. The Morgan fingerprint density at radius 2 is 1.88 bits per heavy atom. The van der Waals surface area contributed by atoms with Crippen LogP contribution in [0.1, 0.15) is 92.9 Å². The summed E-state index contributed by atoms with van der Waals surface area (Å²) in [5, 5.41) is 14.9. The normalized spacial score (nSPS) is 48.2. The molecule has 0 aromatic rings. The molecule has 0 aromatic heterocycles. The molecule has 4 rings (SSSR count). The highest BCUT2D eigenvalue weighted by atomic mass is 16.5. The molecule has 4 saturated carbocycles. The summed E-state index contributed by atoms with van der Waals surface area (Å²) in [7, 11) is 0. The van der Waals surface area contributed by atoms with Gasteiger partial charge in [-0.2, -0.15) is 0 Å². The number of hydrogen-bond donors (Lipinski definition) is 2. The van der Waals surface area contributed by atoms with Gasteiger partial charge in [0.25, 0.3) is 0 Å². The zero-order valence-corrected chi connectivity index (χ0v) is 21.5. The summed E-state index contributed by atoms with van der Waals surface area (Å²) in [4.78, 5) is 12.7. The molecule has 4 aliphatic rings. The molecule has 184 valence electrons. The van der Waals surface area contributed by atoms with Gasteiger partial charge in [-0.25, -0.2) is 0 Å². The number of aliphatic hydroxyl groups is 1. The molecule has 0 bridgehead atoms. The zero-order chi connectivity index (χ0) is 23.3. The number of hydrogen-bond acceptors (Lipinski definition) is 4. The van der Waals surface area contributed by atoms with Crippen molar-refractivity contribution in [1.29, 1.82) is 0 Å². The third kappa shape index (κ3) is 4.11. The summed E-state index contributed by atoms with van der Waals surface area (Å²) in [5.41, 5.74) is 0.340. The first kappa shape index (κ1) is 24.7. The molecular formula is C28H49NO3. The fourth-order valence-corrected chi connectivity index (χ4v) is 9.25. The van der Waals surface area contributed by atoms with Crippen molar-refractivity contribution in [2.45, 2.75) is 111 Å². The fourth-order valence-electron chi connectivity index (χ4n) is 9.25. The van der Waals surface area contributed by atoms with Crippen molar-refractivity contribution in [2.24, 2.45) is 46.3 Å². The lowest BCUT2D eigenvalue weighted by Crippen LogP contribution is -2.64. The first-order valence-electron chi connectivity index (χ1n) is 13.6. The van der Waals surface area contributed by atoms with Crippen molar-refractivity contribution >= 4 is 5.78 Å². The topological polar surface area (TPSA) is 58.6 Å². The van der Waals surface area contributed by atoms with Crippen molar-refractivity contribution in [2.75, 3.05) is 13.2 Å². The van der Waals surface area contributed by atoms with Gasteiger partial charge in [0, 0.05) is 18.6 Å². The van der Waals surface area contributed by atoms with Crippen LogP contribution >= 0.6 is 0 Å². The Balaban J connectivity index is 1.67. The van der Waals surface area contributed by atoms with Gasteiger partial charge in [0.05, 0.1) is 12.2 Å². The molecule has 0 radical (unpaired) electrons. The molecule has 4 unspecified atom stereocenters. The van der Waals surface area contributed by atoms with E-state index in [-0.39, 0.29) is 29.0 Å². The number of nitrogens with one attached hydrogen (secondary N) is 1. The summed E-state index contributed by atoms with van der Waals surface area (Å²) in [6.07, 6.45) is 8.65. The SMILES string of the molecule is CCOC1C[C@@]2(C)C(CC[C@H]3[C@@H]4CC[C@H](C(C)=O)[C@@]4(C)CC(NCCC(C)C)[C@@H]32)CC1O. The molecule has 4 fully saturated rings. The van der Waals surface area contributed by atoms with Crippen molar-refractivity contribution in [3.63, 3.8) is 0 Å². The van der Waals surface area contributed by atoms with E-state index in [2.05, 4.69) is 33.0 Å². The second-order valence-corrected chi connectivity index (χ2v) is 12.8. The van der Waals surface area contributed by atoms with Crippen LogP contribution in [0, 0.1) is 46.3 Å². The maximum absolute atomic E-state index is 12.7. The lowest BCUT2D eigenvalue weighted by molar-refractivity contribution is -0.179. The van der Waals surface area contributed by atoms with Crippen LogP contribution in [0.15, 0.2) is 0 Å². The summed E-state index contributed by atoms with van der Waals surface area (Å²) in [5.74, 6) is 3.90. The third-order valence-electron chi connectivity index (χ3n) is 10.6. The number of rotatable bonds is 7. The monoisotopic (exact) mass is 447 g/mol. The molecule has 2 N–H and O–H groups in total. The highest BCUT2D eigenvalue weighted by molar-refractivity contribution is 5.79. The average molecular weight is 448 g/mol. The van der Waals surface area contributed by atoms with Crippen LogP contribution in [0.3, 0.4) is 0 Å². The number of carbonyl (C=O) groups is 1. The largest absolute Gasteiger partial charge is 0.390 e. The van der Waals surface area contributed by atoms with Gasteiger partial charge in [-0.05, 0) is 112 Å². The van der Waals surface area contributed by atoms with Gasteiger partial charge in [0.15, 0.2) is 0 Å². The maximum Gasteiger partial charge on any atom is 0.133 e. The third-order valence-corrected chi connectivity index (χ3v) is 10.6. The zero-order valence-electron chi connectivity index (χ0n) is 21.5. The Labute approximate surface area is 196 Å². The Morgan fingerprint density at radius 3 is 2.53 bits per heavy atom. The maximum atomic E-state index is 12.7. The highest BCUT2D eigenvalue weighted by Gasteiger charge is 2.64. The van der Waals surface area contributed by atoms with E-state index in [0.29, 0.717) is 48.0 Å². The number of Topliss-reactive ketones (excluding diaryl/α,β-unsaturated/α-hetero) is 1. The number of aliphatic hydroxyl groups excluding tert-OH is 1. The van der Waals surface area contributed by atoms with Crippen molar-refractivity contribution in [3.8, 4) is 0 Å². The van der Waals surface area contributed by atoms with Crippen LogP contribution < -0.4 is 5.32 Å². The minimum atomic E-state index is -0.320. The van der Waals surface area contributed by atoms with Crippen LogP contribution in [0.2, 0.25) is 0 Å². The van der Waals surface area contributed by atoms with Gasteiger partial charge in [-0.3, -0.25) is 4.79 Å². The molecule has 0 heterocycles. The van der Waals surface area contributed by atoms with Gasteiger partial charge in [0.2, 0.25) is 0 Å². The molecule has 0 saturated heterocycles. The van der Waals surface area contributed by atoms with Crippen LogP contribution in [0.5, 0.6) is 0 Å². The second kappa shape index (κ2) is 9.30. The van der Waals surface area contributed by atoms with Crippen LogP contribution in [0.4, 0.5) is 0 Å². The summed E-state index contributed by atoms with van der Waals surface area (Å²) in [6, 6.07) is 0.463. The molecule has 0 aromatic carbocycles. The molecule has 0 amide bonds. The first-order valence-corrected chi connectivity index (χ1v) is 13.6. The van der Waals surface area contributed by atoms with E-state index in [1.54, 1.807) is 0 Å². The number of fused-ring (bicyclic) bond motifs is 5. The van der Waals surface area contributed by atoms with Crippen LogP contribution in [-0.4, -0.2) is 42.3 Å². The smallest absolute Gasteiger partial charge is 0.133 e. The van der Waals surface area contributed by atoms with Crippen LogP contribution in [0.25, 0.3) is 0 Å². The predicted molar refractivity (Wildman–Crippen MR) is 129 cm³/mol. The molecule has 4 aliphatic carbocycles. The van der Waals surface area contributed by atoms with Gasteiger partial charge >= 0.3 is 0 Å². The average Bonchev–Trinajstić information content (AvgIpc) is 3.05. The molecular weight excluding hydrogens is 398 g/mol. The Hall–Kier alpha value is -0.450. The second-order valence-electron chi connectivity index (χ2n) is 12.8. The Bertz CT molecular complexity index is 680. The van der Waals surface area contributed by atoms with Gasteiger partial charge in [0.1, 0.15) is 5.78 Å². The number of ketones is 1. The molecule has 4 nitrogen and oxygen atoms in total. The fraction of sp³-hybridized carbons (Fsp3) is 0.964. The van der Waals surface area contributed by atoms with Crippen molar-refractivity contribution < 1.29 is 14.6 Å². The summed E-state index contributed by atoms with van der Waals surface area (Å²) in [6.45, 7) is 15.2. The lowest BCUT2D eigenvalue weighted by atomic mass is 9.43. The minimum Gasteiger partial charge on any atom is -0.390 e. The Kier molecular flexibility index (Phi) is 7.17. The van der Waals surface area contributed by atoms with Gasteiger partial charge < -0.3 is 15.2 Å². The summed E-state index contributed by atoms with van der Waals surface area (Å²) < 4.78 is 6.08. The van der Waals surface area contributed by atoms with Gasteiger partial charge in [-0.1, -0.05) is 27.7 Å². The van der Waals surface area contributed by atoms with Crippen LogP contribution in [-0.2, 0) is 9.53 Å². The predicted octanol–water partition coefficient (Wildman–Crippen LogP) is 5.22. The van der Waals surface area contributed by atoms with Crippen molar-refractivity contribution in [1.82, 2.24) is 5.32 Å². The van der Waals surface area contributed by atoms with E-state index in [9.17, 15) is 9.90 Å². The van der Waals surface area contributed by atoms with E-state index in [0.717, 1.165) is 32.2 Å². The molecule has 4 heteroatoms. The van der Waals surface area contributed by atoms with E-state index in [4.69, 9.17) is 4.74 Å². The van der Waals surface area contributed by atoms with E-state index in [1.165, 1.54) is 25.7 Å². The minimum absolute atomic E-state index is 0.0295. The summed E-state index contributed by atoms with van der Waals surface area (Å²) >= 11 is 0. The Morgan fingerprint density at radius 1 is 1.12 bits per heavy atom. The lowest BCUT2D eigenvalue weighted by Gasteiger charge is -2.64. The molecule has 0 aliphatic heterocycles. The first-order chi connectivity index (χ1) is 15.1. The van der Waals surface area contributed by atoms with Gasteiger partial charge in [-0.15, -0.1) is 0 Å². The van der Waals surface area contributed by atoms with Crippen molar-refractivity contribution in [3.05, 3.63) is 0 Å². The molecule has 32 heavy (non-hydrogen) atoms. The molecule has 10 atom stereocenters.